The van der Waals surface area contributed by atoms with Crippen molar-refractivity contribution in [3.8, 4) is 6.26 Å². The van der Waals surface area contributed by atoms with Crippen molar-refractivity contribution in [3.05, 3.63) is 0 Å². The largest absolute Gasteiger partial charge is 0.463 e. The summed E-state index contributed by atoms with van der Waals surface area (Å²) in [4.78, 5) is 11.7. The predicted molar refractivity (Wildman–Crippen MR) is 55.8 cm³/mol. The minimum Gasteiger partial charge on any atom is -0.463 e. The van der Waals surface area contributed by atoms with Crippen LogP contribution >= 0.6 is 0 Å². The molecule has 86 valence electrons. The topological polar surface area (TPSA) is 59.3 Å². The summed E-state index contributed by atoms with van der Waals surface area (Å²) in [6, 6.07) is 0. The Morgan fingerprint density at radius 1 is 1.47 bits per heavy atom. The Morgan fingerprint density at radius 3 is 2.40 bits per heavy atom. The first kappa shape index (κ1) is 13.8. The summed E-state index contributed by atoms with van der Waals surface area (Å²) >= 11 is 0. The first-order chi connectivity index (χ1) is 7.02. The first-order valence-electron chi connectivity index (χ1n) is 5.26. The minimum atomic E-state index is -1.10. The van der Waals surface area contributed by atoms with Gasteiger partial charge in [0.25, 0.3) is 6.26 Å². The van der Waals surface area contributed by atoms with Gasteiger partial charge in [-0.05, 0) is 19.3 Å². The minimum absolute atomic E-state index is 0.266. The molecule has 0 aliphatic heterocycles. The fourth-order valence-corrected chi connectivity index (χ4v) is 1.54. The number of rotatable bonds is 6. The van der Waals surface area contributed by atoms with E-state index in [0.29, 0.717) is 19.4 Å². The summed E-state index contributed by atoms with van der Waals surface area (Å²) in [5, 5.41) is 8.58. The van der Waals surface area contributed by atoms with Crippen LogP contribution in [0.15, 0.2) is 0 Å². The Morgan fingerprint density at radius 2 is 2.07 bits per heavy atom. The highest BCUT2D eigenvalue weighted by molar-refractivity contribution is 5.79. The maximum absolute atomic E-state index is 11.7. The van der Waals surface area contributed by atoms with E-state index in [9.17, 15) is 4.79 Å². The van der Waals surface area contributed by atoms with Gasteiger partial charge in [0, 0.05) is 6.42 Å². The van der Waals surface area contributed by atoms with E-state index >= 15 is 0 Å². The second-order valence-corrected chi connectivity index (χ2v) is 3.86. The van der Waals surface area contributed by atoms with Crippen LogP contribution < -0.4 is 0 Å². The van der Waals surface area contributed by atoms with Gasteiger partial charge in [-0.15, -0.1) is 0 Å². The van der Waals surface area contributed by atoms with Gasteiger partial charge in [0.1, 0.15) is 0 Å². The van der Waals surface area contributed by atoms with Gasteiger partial charge < -0.3 is 9.47 Å². The third-order valence-electron chi connectivity index (χ3n) is 2.20. The SMILES string of the molecule is CCOC(=O)C(CC)(CC(C)C)OC#N. The van der Waals surface area contributed by atoms with E-state index in [-0.39, 0.29) is 5.92 Å². The molecular weight excluding hydrogens is 194 g/mol. The molecular formula is C11H19NO3. The van der Waals surface area contributed by atoms with Gasteiger partial charge in [0.2, 0.25) is 5.60 Å². The predicted octanol–water partition coefficient (Wildman–Crippen LogP) is 2.24. The molecule has 0 spiro atoms. The van der Waals surface area contributed by atoms with E-state index in [1.807, 2.05) is 20.8 Å². The lowest BCUT2D eigenvalue weighted by atomic mass is 9.90. The average Bonchev–Trinajstić information content (AvgIpc) is 2.16. The quantitative estimate of drug-likeness (QED) is 0.501. The van der Waals surface area contributed by atoms with Crippen LogP contribution in [0.25, 0.3) is 0 Å². The molecule has 15 heavy (non-hydrogen) atoms. The lowest BCUT2D eigenvalue weighted by molar-refractivity contribution is -0.167. The maximum Gasteiger partial charge on any atom is 0.351 e. The maximum atomic E-state index is 11.7. The molecule has 0 amide bonds. The highest BCUT2D eigenvalue weighted by atomic mass is 16.6. The van der Waals surface area contributed by atoms with Crippen molar-refractivity contribution >= 4 is 5.97 Å². The zero-order chi connectivity index (χ0) is 11.9. The Hall–Kier alpha value is -1.24. The van der Waals surface area contributed by atoms with Crippen molar-refractivity contribution in [3.63, 3.8) is 0 Å². The third-order valence-corrected chi connectivity index (χ3v) is 2.20. The van der Waals surface area contributed by atoms with E-state index < -0.39 is 11.6 Å². The number of hydrogen-bond acceptors (Lipinski definition) is 4. The van der Waals surface area contributed by atoms with E-state index in [2.05, 4.69) is 0 Å². The van der Waals surface area contributed by atoms with Gasteiger partial charge in [0.05, 0.1) is 6.61 Å². The molecule has 0 aromatic heterocycles. The molecule has 4 nitrogen and oxygen atoms in total. The van der Waals surface area contributed by atoms with Crippen LogP contribution in [0.4, 0.5) is 0 Å². The Kier molecular flexibility index (Phi) is 5.76. The first-order valence-corrected chi connectivity index (χ1v) is 5.26. The number of nitrogens with zero attached hydrogens (tertiary/aromatic N) is 1. The summed E-state index contributed by atoms with van der Waals surface area (Å²) in [6.07, 6.45) is 2.54. The Balaban J connectivity index is 4.80. The van der Waals surface area contributed by atoms with Crippen molar-refractivity contribution in [2.24, 2.45) is 5.92 Å². The third kappa shape index (κ3) is 3.78. The van der Waals surface area contributed by atoms with Crippen LogP contribution in [0.5, 0.6) is 0 Å². The molecule has 1 atom stereocenters. The monoisotopic (exact) mass is 213 g/mol. The summed E-state index contributed by atoms with van der Waals surface area (Å²) < 4.78 is 9.87. The van der Waals surface area contributed by atoms with E-state index in [4.69, 9.17) is 14.7 Å². The van der Waals surface area contributed by atoms with Gasteiger partial charge in [-0.3, -0.25) is 0 Å². The number of nitriles is 1. The van der Waals surface area contributed by atoms with Crippen molar-refractivity contribution in [1.82, 2.24) is 0 Å². The lowest BCUT2D eigenvalue weighted by Gasteiger charge is -2.28. The van der Waals surface area contributed by atoms with Gasteiger partial charge in [0.15, 0.2) is 0 Å². The molecule has 0 aliphatic carbocycles. The molecule has 0 fully saturated rings. The summed E-state index contributed by atoms with van der Waals surface area (Å²) in [5.41, 5.74) is -1.10. The summed E-state index contributed by atoms with van der Waals surface area (Å²) in [7, 11) is 0. The van der Waals surface area contributed by atoms with E-state index in [0.717, 1.165) is 0 Å². The number of carbonyl (C=O) groups excluding carboxylic acids is 1. The number of ether oxygens (including phenoxy) is 2. The molecule has 0 heterocycles. The summed E-state index contributed by atoms with van der Waals surface area (Å²) in [5.74, 6) is -0.176. The van der Waals surface area contributed by atoms with Crippen LogP contribution in [-0.2, 0) is 14.3 Å². The molecule has 0 bridgehead atoms. The Bertz CT molecular complexity index is 245. The fraction of sp³-hybridized carbons (Fsp3) is 0.818. The van der Waals surface area contributed by atoms with Gasteiger partial charge in [-0.25, -0.2) is 4.79 Å². The van der Waals surface area contributed by atoms with Crippen molar-refractivity contribution < 1.29 is 14.3 Å². The second-order valence-electron chi connectivity index (χ2n) is 3.86. The fourth-order valence-electron chi connectivity index (χ4n) is 1.54. The molecule has 0 saturated heterocycles. The smallest absolute Gasteiger partial charge is 0.351 e. The molecule has 0 saturated carbocycles. The molecule has 0 aromatic rings. The zero-order valence-electron chi connectivity index (χ0n) is 9.87. The molecule has 4 heteroatoms. The molecule has 0 aromatic carbocycles. The van der Waals surface area contributed by atoms with Gasteiger partial charge >= 0.3 is 5.97 Å². The van der Waals surface area contributed by atoms with Crippen LogP contribution in [0.2, 0.25) is 0 Å². The normalized spacial score (nSPS) is 14.1. The standard InChI is InChI=1S/C11H19NO3/c1-5-11(15-8-12,7-9(3)4)10(13)14-6-2/h9H,5-7H2,1-4H3. The number of esters is 1. The van der Waals surface area contributed by atoms with E-state index in [1.54, 1.807) is 13.2 Å². The average molecular weight is 213 g/mol. The van der Waals surface area contributed by atoms with Crippen molar-refractivity contribution in [1.29, 1.82) is 5.26 Å². The molecule has 0 N–H and O–H groups in total. The van der Waals surface area contributed by atoms with Crippen LogP contribution in [0, 0.1) is 17.4 Å². The van der Waals surface area contributed by atoms with Crippen LogP contribution in [-0.4, -0.2) is 18.2 Å². The number of hydrogen-bond donors (Lipinski definition) is 0. The number of carbonyl (C=O) groups is 1. The molecule has 1 unspecified atom stereocenters. The molecule has 0 aliphatic rings. The Labute approximate surface area is 91.2 Å². The van der Waals surface area contributed by atoms with Gasteiger partial charge in [-0.1, -0.05) is 20.8 Å². The van der Waals surface area contributed by atoms with Crippen molar-refractivity contribution in [2.45, 2.75) is 46.1 Å². The highest BCUT2D eigenvalue weighted by Crippen LogP contribution is 2.26. The lowest BCUT2D eigenvalue weighted by Crippen LogP contribution is -2.42. The second kappa shape index (κ2) is 6.28. The molecule has 0 radical (unpaired) electrons. The van der Waals surface area contributed by atoms with Gasteiger partial charge in [-0.2, -0.15) is 5.26 Å². The van der Waals surface area contributed by atoms with E-state index in [1.165, 1.54) is 0 Å². The highest BCUT2D eigenvalue weighted by Gasteiger charge is 2.41. The van der Waals surface area contributed by atoms with Crippen LogP contribution in [0.3, 0.4) is 0 Å². The van der Waals surface area contributed by atoms with Crippen molar-refractivity contribution in [2.75, 3.05) is 6.61 Å². The molecule has 0 rings (SSSR count). The summed E-state index contributed by atoms with van der Waals surface area (Å²) in [6.45, 7) is 7.80. The van der Waals surface area contributed by atoms with Crippen LogP contribution in [0.1, 0.15) is 40.5 Å². The zero-order valence-corrected chi connectivity index (χ0v) is 9.87.